The molecule has 2 aromatic heterocycles. The molecule has 1 N–H and O–H groups in total. The highest BCUT2D eigenvalue weighted by molar-refractivity contribution is 9.10. The Morgan fingerprint density at radius 2 is 2.08 bits per heavy atom. The number of aryl methyl sites for hydroxylation is 2. The van der Waals surface area contributed by atoms with Crippen molar-refractivity contribution in [2.75, 3.05) is 5.32 Å². The monoisotopic (exact) mass is 435 g/mol. The van der Waals surface area contributed by atoms with Crippen molar-refractivity contribution in [2.45, 2.75) is 33.9 Å². The Morgan fingerprint density at radius 1 is 1.31 bits per heavy atom. The molecule has 8 heteroatoms. The molecule has 0 aliphatic heterocycles. The molecule has 0 saturated carbocycles. The van der Waals surface area contributed by atoms with Crippen LogP contribution in [0.2, 0.25) is 5.02 Å². The van der Waals surface area contributed by atoms with Crippen molar-refractivity contribution < 1.29 is 4.79 Å². The van der Waals surface area contributed by atoms with Gasteiger partial charge in [0, 0.05) is 17.8 Å². The lowest BCUT2D eigenvalue weighted by Crippen LogP contribution is -2.15. The van der Waals surface area contributed by atoms with E-state index < -0.39 is 0 Å². The van der Waals surface area contributed by atoms with Crippen LogP contribution in [0.1, 0.15) is 34.4 Å². The van der Waals surface area contributed by atoms with Crippen molar-refractivity contribution in [3.63, 3.8) is 0 Å². The van der Waals surface area contributed by atoms with Gasteiger partial charge in [0.15, 0.2) is 5.69 Å². The van der Waals surface area contributed by atoms with E-state index in [1.54, 1.807) is 10.9 Å². The van der Waals surface area contributed by atoms with Gasteiger partial charge in [0.05, 0.1) is 28.1 Å². The number of rotatable bonds is 5. The minimum absolute atomic E-state index is 0.266. The Labute approximate surface area is 165 Å². The molecule has 2 heterocycles. The van der Waals surface area contributed by atoms with Crippen molar-refractivity contribution in [3.8, 4) is 0 Å². The van der Waals surface area contributed by atoms with E-state index >= 15 is 0 Å². The Kier molecular flexibility index (Phi) is 5.48. The van der Waals surface area contributed by atoms with E-state index in [1.807, 2.05) is 49.7 Å². The van der Waals surface area contributed by atoms with Crippen LogP contribution in [0.5, 0.6) is 0 Å². The number of aromatic nitrogens is 4. The fourth-order valence-electron chi connectivity index (χ4n) is 2.73. The lowest BCUT2D eigenvalue weighted by atomic mass is 10.2. The summed E-state index contributed by atoms with van der Waals surface area (Å²) in [5.41, 5.74) is 3.74. The van der Waals surface area contributed by atoms with Gasteiger partial charge in [-0.05, 0) is 54.4 Å². The van der Waals surface area contributed by atoms with Crippen LogP contribution in [0.15, 0.2) is 34.9 Å². The second-order valence-corrected chi connectivity index (χ2v) is 7.26. The van der Waals surface area contributed by atoms with Gasteiger partial charge in [0.2, 0.25) is 0 Å². The van der Waals surface area contributed by atoms with E-state index in [4.69, 9.17) is 11.6 Å². The normalized spacial score (nSPS) is 11.0. The van der Waals surface area contributed by atoms with E-state index in [1.165, 1.54) is 0 Å². The van der Waals surface area contributed by atoms with Crippen LogP contribution in [-0.2, 0) is 13.1 Å². The molecular weight excluding hydrogens is 418 g/mol. The molecule has 0 bridgehead atoms. The molecule has 0 saturated heterocycles. The van der Waals surface area contributed by atoms with E-state index in [9.17, 15) is 4.79 Å². The van der Waals surface area contributed by atoms with Crippen molar-refractivity contribution in [1.82, 2.24) is 19.6 Å². The zero-order valence-electron chi connectivity index (χ0n) is 14.8. The lowest BCUT2D eigenvalue weighted by Gasteiger charge is -2.07. The highest BCUT2D eigenvalue weighted by Gasteiger charge is 2.19. The zero-order valence-corrected chi connectivity index (χ0v) is 17.1. The van der Waals surface area contributed by atoms with Crippen molar-refractivity contribution in [1.29, 1.82) is 0 Å². The third-order valence-electron chi connectivity index (χ3n) is 4.10. The number of hydrogen-bond donors (Lipinski definition) is 1. The first-order chi connectivity index (χ1) is 12.4. The summed E-state index contributed by atoms with van der Waals surface area (Å²) in [4.78, 5) is 12.6. The van der Waals surface area contributed by atoms with Crippen LogP contribution in [0.25, 0.3) is 0 Å². The third kappa shape index (κ3) is 3.83. The first-order valence-electron chi connectivity index (χ1n) is 8.21. The first kappa shape index (κ1) is 18.7. The van der Waals surface area contributed by atoms with Gasteiger partial charge in [-0.25, -0.2) is 0 Å². The van der Waals surface area contributed by atoms with Crippen LogP contribution in [-0.4, -0.2) is 25.5 Å². The number of hydrogen-bond acceptors (Lipinski definition) is 3. The van der Waals surface area contributed by atoms with Gasteiger partial charge in [-0.15, -0.1) is 0 Å². The largest absolute Gasteiger partial charge is 0.317 e. The molecule has 0 aliphatic rings. The number of amides is 1. The van der Waals surface area contributed by atoms with Gasteiger partial charge in [0.25, 0.3) is 5.91 Å². The fourth-order valence-corrected chi connectivity index (χ4v) is 3.43. The molecule has 0 spiro atoms. The predicted octanol–water partition coefficient (Wildman–Crippen LogP) is 4.43. The van der Waals surface area contributed by atoms with E-state index in [2.05, 4.69) is 31.4 Å². The minimum atomic E-state index is -0.266. The maximum absolute atomic E-state index is 12.6. The highest BCUT2D eigenvalue weighted by atomic mass is 79.9. The SMILES string of the molecule is CCn1cc(Br)c(C(=O)Nc2c(C)nn(Cc3cccc(Cl)c3)c2C)n1. The van der Waals surface area contributed by atoms with Gasteiger partial charge in [-0.3, -0.25) is 14.2 Å². The van der Waals surface area contributed by atoms with Crippen molar-refractivity contribution in [2.24, 2.45) is 0 Å². The van der Waals surface area contributed by atoms with Crippen LogP contribution in [0.4, 0.5) is 5.69 Å². The average molecular weight is 437 g/mol. The van der Waals surface area contributed by atoms with Gasteiger partial charge in [-0.1, -0.05) is 23.7 Å². The molecule has 3 aromatic rings. The first-order valence-corrected chi connectivity index (χ1v) is 9.39. The van der Waals surface area contributed by atoms with Crippen molar-refractivity contribution in [3.05, 3.63) is 62.6 Å². The summed E-state index contributed by atoms with van der Waals surface area (Å²) in [6, 6.07) is 7.65. The molecule has 6 nitrogen and oxygen atoms in total. The van der Waals surface area contributed by atoms with Gasteiger partial charge < -0.3 is 5.32 Å². The molecule has 0 aliphatic carbocycles. The van der Waals surface area contributed by atoms with E-state index in [0.29, 0.717) is 34.0 Å². The number of carbonyl (C=O) groups excluding carboxylic acids is 1. The molecule has 3 rings (SSSR count). The fraction of sp³-hybridized carbons (Fsp3) is 0.278. The molecule has 0 fully saturated rings. The average Bonchev–Trinajstić information content (AvgIpc) is 3.10. The van der Waals surface area contributed by atoms with Crippen LogP contribution in [0, 0.1) is 13.8 Å². The van der Waals surface area contributed by atoms with Gasteiger partial charge >= 0.3 is 0 Å². The topological polar surface area (TPSA) is 64.7 Å². The summed E-state index contributed by atoms with van der Waals surface area (Å²) in [6.07, 6.45) is 1.79. The molecule has 136 valence electrons. The highest BCUT2D eigenvalue weighted by Crippen LogP contribution is 2.23. The molecule has 0 atom stereocenters. The summed E-state index contributed by atoms with van der Waals surface area (Å²) < 4.78 is 4.23. The van der Waals surface area contributed by atoms with Crippen LogP contribution >= 0.6 is 27.5 Å². The summed E-state index contributed by atoms with van der Waals surface area (Å²) >= 11 is 9.44. The quantitative estimate of drug-likeness (QED) is 0.643. The van der Waals surface area contributed by atoms with Crippen LogP contribution in [0.3, 0.4) is 0 Å². The summed E-state index contributed by atoms with van der Waals surface area (Å²) in [5.74, 6) is -0.266. The zero-order chi connectivity index (χ0) is 18.8. The standard InChI is InChI=1S/C18H19BrClN5O/c1-4-24-10-15(19)17(23-24)18(26)21-16-11(2)22-25(12(16)3)9-13-6-5-7-14(20)8-13/h5-8,10H,4,9H2,1-3H3,(H,21,26). The maximum Gasteiger partial charge on any atom is 0.277 e. The predicted molar refractivity (Wildman–Crippen MR) is 106 cm³/mol. The Bertz CT molecular complexity index is 963. The Hall–Kier alpha value is -2.12. The number of carbonyl (C=O) groups is 1. The van der Waals surface area contributed by atoms with Gasteiger partial charge in [-0.2, -0.15) is 10.2 Å². The molecule has 0 radical (unpaired) electrons. The van der Waals surface area contributed by atoms with Crippen LogP contribution < -0.4 is 5.32 Å². The smallest absolute Gasteiger partial charge is 0.277 e. The molecule has 1 aromatic carbocycles. The summed E-state index contributed by atoms with van der Waals surface area (Å²) in [7, 11) is 0. The number of benzene rings is 1. The summed E-state index contributed by atoms with van der Waals surface area (Å²) in [6.45, 7) is 7.05. The number of halogens is 2. The molecular formula is C18H19BrClN5O. The number of anilines is 1. The second-order valence-electron chi connectivity index (χ2n) is 5.97. The van der Waals surface area contributed by atoms with Gasteiger partial charge in [0.1, 0.15) is 0 Å². The van der Waals surface area contributed by atoms with E-state index in [0.717, 1.165) is 17.0 Å². The third-order valence-corrected chi connectivity index (χ3v) is 4.91. The molecule has 1 amide bonds. The second kappa shape index (κ2) is 7.63. The number of nitrogens with one attached hydrogen (secondary N) is 1. The molecule has 26 heavy (non-hydrogen) atoms. The maximum atomic E-state index is 12.6. The Balaban J connectivity index is 1.83. The number of nitrogens with zero attached hydrogens (tertiary/aromatic N) is 4. The van der Waals surface area contributed by atoms with Crippen molar-refractivity contribution >= 4 is 39.1 Å². The lowest BCUT2D eigenvalue weighted by molar-refractivity contribution is 0.102. The Morgan fingerprint density at radius 3 is 2.73 bits per heavy atom. The molecule has 0 unspecified atom stereocenters. The van der Waals surface area contributed by atoms with E-state index in [-0.39, 0.29) is 5.91 Å². The minimum Gasteiger partial charge on any atom is -0.317 e. The summed E-state index contributed by atoms with van der Waals surface area (Å²) in [5, 5.41) is 12.5.